The second kappa shape index (κ2) is 13.1. The first-order chi connectivity index (χ1) is 18.6. The molecule has 10 heteroatoms. The van der Waals surface area contributed by atoms with Gasteiger partial charge in [0.2, 0.25) is 5.95 Å². The lowest BCUT2D eigenvalue weighted by Gasteiger charge is -2.27. The number of ether oxygens (including phenoxy) is 1. The van der Waals surface area contributed by atoms with Crippen molar-refractivity contribution in [2.24, 2.45) is 5.10 Å². The molecule has 0 unspecified atom stereocenters. The standard InChI is InChI=1S/C28H30FN7O2/c1-3-5-7-20(6-4-2)21-14-24(16-25(37)15-21)33-23-9-8-22(30-17-23)18-32-35-28-31-19-26(29)27(34-28)36-10-12-38-13-11-36/h3,5-9,14-19,33,37H,1,4,10-13H2,2H3,(H,31,34,35)/b7-5-,20-6+,32-18+. The molecule has 0 spiro atoms. The smallest absolute Gasteiger partial charge is 0.245 e. The topological polar surface area (TPSA) is 108 Å². The number of hydrogen-bond acceptors (Lipinski definition) is 9. The van der Waals surface area contributed by atoms with Crippen LogP contribution in [0.1, 0.15) is 24.6 Å². The number of morpholine rings is 1. The molecule has 1 aliphatic rings. The normalized spacial score (nSPS) is 14.3. The number of halogens is 1. The monoisotopic (exact) mass is 515 g/mol. The number of phenols is 1. The largest absolute Gasteiger partial charge is 0.508 e. The van der Waals surface area contributed by atoms with E-state index in [2.05, 4.69) is 50.4 Å². The number of nitrogens with one attached hydrogen (secondary N) is 2. The van der Waals surface area contributed by atoms with Crippen LogP contribution in [0.25, 0.3) is 5.57 Å². The molecule has 196 valence electrons. The number of allylic oxidation sites excluding steroid dienone is 5. The summed E-state index contributed by atoms with van der Waals surface area (Å²) in [4.78, 5) is 14.4. The van der Waals surface area contributed by atoms with Crippen molar-refractivity contribution in [2.75, 3.05) is 41.9 Å². The molecule has 1 aromatic carbocycles. The molecule has 4 rings (SSSR count). The molecule has 3 N–H and O–H groups in total. The maximum Gasteiger partial charge on any atom is 0.245 e. The summed E-state index contributed by atoms with van der Waals surface area (Å²) in [7, 11) is 0. The lowest BCUT2D eigenvalue weighted by Crippen LogP contribution is -2.37. The molecule has 0 aliphatic carbocycles. The van der Waals surface area contributed by atoms with Crippen LogP contribution in [0.5, 0.6) is 5.75 Å². The highest BCUT2D eigenvalue weighted by Crippen LogP contribution is 2.28. The zero-order chi connectivity index (χ0) is 26.7. The SMILES string of the molecule is C=C/C=C\C(=C/CC)c1cc(O)cc(Nc2ccc(/C=N/Nc3ncc(F)c(N4CCOCC4)n3)nc2)c1. The first-order valence-electron chi connectivity index (χ1n) is 12.3. The maximum atomic E-state index is 14.2. The first-order valence-corrected chi connectivity index (χ1v) is 12.3. The number of rotatable bonds is 10. The van der Waals surface area contributed by atoms with Crippen LogP contribution >= 0.6 is 0 Å². The molecule has 0 bridgehead atoms. The van der Waals surface area contributed by atoms with Gasteiger partial charge in [-0.3, -0.25) is 4.98 Å². The quantitative estimate of drug-likeness (QED) is 0.190. The average Bonchev–Trinajstić information content (AvgIpc) is 2.93. The Morgan fingerprint density at radius 2 is 2.03 bits per heavy atom. The number of aromatic nitrogens is 3. The van der Waals surface area contributed by atoms with E-state index in [4.69, 9.17) is 4.74 Å². The Bertz CT molecular complexity index is 1330. The van der Waals surface area contributed by atoms with Crippen molar-refractivity contribution < 1.29 is 14.2 Å². The third-order valence-electron chi connectivity index (χ3n) is 5.56. The van der Waals surface area contributed by atoms with Crippen molar-refractivity contribution in [1.29, 1.82) is 0 Å². The Balaban J connectivity index is 1.40. The summed E-state index contributed by atoms with van der Waals surface area (Å²) in [6, 6.07) is 8.97. The van der Waals surface area contributed by atoms with Crippen LogP contribution in [-0.4, -0.2) is 52.6 Å². The third-order valence-corrected chi connectivity index (χ3v) is 5.56. The van der Waals surface area contributed by atoms with Gasteiger partial charge in [-0.15, -0.1) is 0 Å². The summed E-state index contributed by atoms with van der Waals surface area (Å²) in [5.41, 5.74) is 6.66. The Morgan fingerprint density at radius 1 is 1.18 bits per heavy atom. The van der Waals surface area contributed by atoms with Gasteiger partial charge in [0.15, 0.2) is 11.6 Å². The first kappa shape index (κ1) is 26.5. The summed E-state index contributed by atoms with van der Waals surface area (Å²) in [6.45, 7) is 7.96. The second-order valence-electron chi connectivity index (χ2n) is 8.36. The zero-order valence-electron chi connectivity index (χ0n) is 21.1. The van der Waals surface area contributed by atoms with Crippen molar-refractivity contribution in [3.8, 4) is 5.75 Å². The fraction of sp³-hybridized carbons (Fsp3) is 0.214. The van der Waals surface area contributed by atoms with Gasteiger partial charge in [0, 0.05) is 24.8 Å². The Kier molecular flexibility index (Phi) is 9.14. The van der Waals surface area contributed by atoms with E-state index in [1.54, 1.807) is 30.5 Å². The van der Waals surface area contributed by atoms with Gasteiger partial charge in [0.05, 0.1) is 43.2 Å². The van der Waals surface area contributed by atoms with Crippen LogP contribution in [0.3, 0.4) is 0 Å². The number of hydrazone groups is 1. The molecule has 0 amide bonds. The van der Waals surface area contributed by atoms with Crippen molar-refractivity contribution in [3.63, 3.8) is 0 Å². The molecule has 2 aromatic heterocycles. The summed E-state index contributed by atoms with van der Waals surface area (Å²) in [6.07, 6.45) is 12.8. The van der Waals surface area contributed by atoms with Crippen LogP contribution in [0.15, 0.2) is 78.7 Å². The van der Waals surface area contributed by atoms with Crippen LogP contribution < -0.4 is 15.6 Å². The molecule has 0 radical (unpaired) electrons. The lowest BCUT2D eigenvalue weighted by molar-refractivity contribution is 0.122. The molecule has 3 aromatic rings. The van der Waals surface area contributed by atoms with Crippen molar-refractivity contribution in [1.82, 2.24) is 15.0 Å². The molecule has 0 saturated carbocycles. The van der Waals surface area contributed by atoms with E-state index in [9.17, 15) is 9.50 Å². The summed E-state index contributed by atoms with van der Waals surface area (Å²) < 4.78 is 19.5. The van der Waals surface area contributed by atoms with E-state index < -0.39 is 5.82 Å². The Labute approximate surface area is 221 Å². The molecule has 0 atom stereocenters. The highest BCUT2D eigenvalue weighted by Gasteiger charge is 2.17. The predicted molar refractivity (Wildman–Crippen MR) is 149 cm³/mol. The third kappa shape index (κ3) is 7.23. The van der Waals surface area contributed by atoms with Crippen LogP contribution in [0, 0.1) is 5.82 Å². The highest BCUT2D eigenvalue weighted by molar-refractivity contribution is 5.80. The average molecular weight is 516 g/mol. The van der Waals surface area contributed by atoms with Crippen LogP contribution in [0.4, 0.5) is 27.5 Å². The Hall–Kier alpha value is -4.57. The number of nitrogens with zero attached hydrogens (tertiary/aromatic N) is 5. The van der Waals surface area contributed by atoms with E-state index in [1.807, 2.05) is 29.2 Å². The van der Waals surface area contributed by atoms with E-state index >= 15 is 0 Å². The van der Waals surface area contributed by atoms with E-state index in [0.29, 0.717) is 32.0 Å². The molecule has 1 saturated heterocycles. The molecule has 38 heavy (non-hydrogen) atoms. The van der Waals surface area contributed by atoms with Gasteiger partial charge in [-0.1, -0.05) is 37.8 Å². The summed E-state index contributed by atoms with van der Waals surface area (Å²) >= 11 is 0. The number of aromatic hydroxyl groups is 1. The minimum Gasteiger partial charge on any atom is -0.508 e. The fourth-order valence-electron chi connectivity index (χ4n) is 3.81. The minimum absolute atomic E-state index is 0.154. The van der Waals surface area contributed by atoms with Crippen LogP contribution in [0.2, 0.25) is 0 Å². The van der Waals surface area contributed by atoms with E-state index in [1.165, 1.54) is 6.21 Å². The van der Waals surface area contributed by atoms with Gasteiger partial charge < -0.3 is 20.1 Å². The van der Waals surface area contributed by atoms with E-state index in [0.717, 1.165) is 35.1 Å². The highest BCUT2D eigenvalue weighted by atomic mass is 19.1. The van der Waals surface area contributed by atoms with Gasteiger partial charge >= 0.3 is 0 Å². The maximum absolute atomic E-state index is 14.2. The fourth-order valence-corrected chi connectivity index (χ4v) is 3.81. The molecule has 9 nitrogen and oxygen atoms in total. The lowest BCUT2D eigenvalue weighted by atomic mass is 10.0. The van der Waals surface area contributed by atoms with Crippen molar-refractivity contribution in [2.45, 2.75) is 13.3 Å². The molecule has 1 fully saturated rings. The second-order valence-corrected chi connectivity index (χ2v) is 8.36. The van der Waals surface area contributed by atoms with Gasteiger partial charge in [-0.2, -0.15) is 10.1 Å². The summed E-state index contributed by atoms with van der Waals surface area (Å²) in [5.74, 6) is 0.0673. The van der Waals surface area contributed by atoms with Crippen molar-refractivity contribution in [3.05, 3.63) is 90.7 Å². The molecular weight excluding hydrogens is 485 g/mol. The van der Waals surface area contributed by atoms with Gasteiger partial charge in [-0.05, 0) is 41.8 Å². The number of benzene rings is 1. The number of pyridine rings is 1. The molecular formula is C28H30FN7O2. The van der Waals surface area contributed by atoms with Crippen LogP contribution in [-0.2, 0) is 4.74 Å². The minimum atomic E-state index is -0.490. The molecule has 3 heterocycles. The van der Waals surface area contributed by atoms with E-state index in [-0.39, 0.29) is 17.5 Å². The number of phenolic OH excluding ortho intramolecular Hbond substituents is 1. The Morgan fingerprint density at radius 3 is 2.76 bits per heavy atom. The van der Waals surface area contributed by atoms with Gasteiger partial charge in [-0.25, -0.2) is 14.8 Å². The summed E-state index contributed by atoms with van der Waals surface area (Å²) in [5, 5.41) is 17.7. The van der Waals surface area contributed by atoms with Gasteiger partial charge in [0.25, 0.3) is 0 Å². The predicted octanol–water partition coefficient (Wildman–Crippen LogP) is 5.28. The van der Waals surface area contributed by atoms with Gasteiger partial charge in [0.1, 0.15) is 5.75 Å². The number of anilines is 4. The zero-order valence-corrected chi connectivity index (χ0v) is 21.1. The molecule has 1 aliphatic heterocycles. The van der Waals surface area contributed by atoms with Crippen molar-refractivity contribution >= 4 is 34.9 Å². The number of hydrogen-bond donors (Lipinski definition) is 3.